The Morgan fingerprint density at radius 3 is 2.92 bits per heavy atom. The van der Waals surface area contributed by atoms with Crippen molar-refractivity contribution in [3.05, 3.63) is 34.9 Å². The Balaban J connectivity index is 1.74. The molecule has 1 N–H and O–H groups in total. The third kappa shape index (κ3) is 6.54. The first-order chi connectivity index (χ1) is 11.7. The maximum absolute atomic E-state index is 11.9. The lowest BCUT2D eigenvalue weighted by atomic mass is 9.84. The number of thioether (sulfide) groups is 1. The summed E-state index contributed by atoms with van der Waals surface area (Å²) in [4.78, 5) is 11.9. The van der Waals surface area contributed by atoms with Crippen LogP contribution in [0.3, 0.4) is 0 Å². The molecule has 1 saturated carbocycles. The average Bonchev–Trinajstić information content (AvgIpc) is 2.60. The first-order valence-electron chi connectivity index (χ1n) is 8.23. The summed E-state index contributed by atoms with van der Waals surface area (Å²) in [6, 6.07) is 9.84. The van der Waals surface area contributed by atoms with Crippen LogP contribution in [0, 0.1) is 17.2 Å². The first kappa shape index (κ1) is 18.8. The number of benzene rings is 1. The average molecular weight is 364 g/mol. The van der Waals surface area contributed by atoms with Crippen LogP contribution in [0.25, 0.3) is 0 Å². The second-order valence-corrected chi connectivity index (χ2v) is 7.32. The zero-order chi connectivity index (χ0) is 17.2. The topological polar surface area (TPSA) is 65.2 Å². The van der Waals surface area contributed by atoms with Crippen LogP contribution < -0.4 is 5.43 Å². The van der Waals surface area contributed by atoms with E-state index in [1.165, 1.54) is 6.42 Å². The number of hydrogen-bond donors (Lipinski definition) is 1. The van der Waals surface area contributed by atoms with Gasteiger partial charge in [-0.1, -0.05) is 30.2 Å². The number of rotatable bonds is 7. The number of nitrogens with zero attached hydrogens (tertiary/aromatic N) is 2. The molecule has 6 heteroatoms. The van der Waals surface area contributed by atoms with E-state index in [4.69, 9.17) is 16.9 Å². The number of carbonyl (C=O) groups is 1. The fourth-order valence-electron chi connectivity index (χ4n) is 2.77. The maximum Gasteiger partial charge on any atom is 0.250 e. The number of nitriles is 1. The molecule has 1 aromatic rings. The molecule has 128 valence electrons. The summed E-state index contributed by atoms with van der Waals surface area (Å²) in [5, 5.41) is 13.8. The minimum atomic E-state index is -0.0777. The molecule has 0 heterocycles. The Morgan fingerprint density at radius 1 is 1.38 bits per heavy atom. The molecule has 0 spiro atoms. The minimum Gasteiger partial charge on any atom is -0.272 e. The van der Waals surface area contributed by atoms with Crippen LogP contribution in [0.15, 0.2) is 29.4 Å². The van der Waals surface area contributed by atoms with Gasteiger partial charge >= 0.3 is 0 Å². The molecular weight excluding hydrogens is 342 g/mol. The molecule has 1 aliphatic rings. The van der Waals surface area contributed by atoms with Crippen molar-refractivity contribution in [1.29, 1.82) is 5.26 Å². The van der Waals surface area contributed by atoms with Crippen molar-refractivity contribution < 1.29 is 4.79 Å². The zero-order valence-electron chi connectivity index (χ0n) is 13.6. The Kier molecular flexibility index (Phi) is 8.14. The summed E-state index contributed by atoms with van der Waals surface area (Å²) in [5.74, 6) is 1.42. The molecule has 0 aromatic heterocycles. The molecule has 0 unspecified atom stereocenters. The van der Waals surface area contributed by atoms with Gasteiger partial charge in [0.05, 0.1) is 11.8 Å². The predicted molar refractivity (Wildman–Crippen MR) is 100.0 cm³/mol. The molecule has 24 heavy (non-hydrogen) atoms. The van der Waals surface area contributed by atoms with E-state index in [0.717, 1.165) is 47.7 Å². The quantitative estimate of drug-likeness (QED) is 0.723. The van der Waals surface area contributed by atoms with Crippen LogP contribution in [-0.4, -0.2) is 17.4 Å². The van der Waals surface area contributed by atoms with E-state index in [1.54, 1.807) is 11.8 Å². The fourth-order valence-corrected chi connectivity index (χ4v) is 3.68. The van der Waals surface area contributed by atoms with Crippen molar-refractivity contribution in [3.8, 4) is 6.07 Å². The van der Waals surface area contributed by atoms with Crippen LogP contribution in [0.5, 0.6) is 0 Å². The Hall–Kier alpha value is -1.51. The Morgan fingerprint density at radius 2 is 2.17 bits per heavy atom. The molecule has 0 bridgehead atoms. The van der Waals surface area contributed by atoms with Crippen molar-refractivity contribution in [1.82, 2.24) is 5.43 Å². The molecule has 0 aliphatic heterocycles. The van der Waals surface area contributed by atoms with Crippen LogP contribution in [0.2, 0.25) is 5.02 Å². The van der Waals surface area contributed by atoms with Crippen LogP contribution >= 0.6 is 23.4 Å². The van der Waals surface area contributed by atoms with Crippen molar-refractivity contribution in [2.24, 2.45) is 11.0 Å². The van der Waals surface area contributed by atoms with E-state index in [-0.39, 0.29) is 5.91 Å². The van der Waals surface area contributed by atoms with Gasteiger partial charge in [-0.15, -0.1) is 11.8 Å². The molecule has 1 aliphatic carbocycles. The molecule has 1 atom stereocenters. The monoisotopic (exact) mass is 363 g/mol. The van der Waals surface area contributed by atoms with E-state index in [0.29, 0.717) is 18.1 Å². The van der Waals surface area contributed by atoms with Crippen molar-refractivity contribution in [2.45, 2.75) is 44.3 Å². The molecule has 0 saturated heterocycles. The summed E-state index contributed by atoms with van der Waals surface area (Å²) in [6.07, 6.45) is 5.68. The maximum atomic E-state index is 11.9. The summed E-state index contributed by atoms with van der Waals surface area (Å²) in [5.41, 5.74) is 4.87. The third-order valence-corrected chi connectivity index (χ3v) is 5.31. The normalized spacial score (nSPS) is 19.0. The number of amides is 1. The highest BCUT2D eigenvalue weighted by molar-refractivity contribution is 7.99. The predicted octanol–water partition coefficient (Wildman–Crippen LogP) is 4.54. The van der Waals surface area contributed by atoms with Gasteiger partial charge in [-0.25, -0.2) is 5.43 Å². The number of carbonyl (C=O) groups excluding carboxylic acids is 1. The summed E-state index contributed by atoms with van der Waals surface area (Å²) >= 11 is 7.41. The Labute approximate surface area is 152 Å². The second kappa shape index (κ2) is 10.4. The number of halogens is 1. The molecule has 1 fully saturated rings. The standard InChI is InChI=1S/C18H22ClN3OS/c19-16-9-7-14(8-10-16)12-24-13-18(23)22-21-17-6-2-1-4-15(17)5-3-11-20/h7-10,15H,1-6,12-13H2,(H,22,23)/b21-17-/t15-/m1/s1. The van der Waals surface area contributed by atoms with E-state index >= 15 is 0 Å². The van der Waals surface area contributed by atoms with Gasteiger partial charge in [-0.2, -0.15) is 10.4 Å². The summed E-state index contributed by atoms with van der Waals surface area (Å²) < 4.78 is 0. The van der Waals surface area contributed by atoms with E-state index in [1.807, 2.05) is 24.3 Å². The highest BCUT2D eigenvalue weighted by atomic mass is 35.5. The van der Waals surface area contributed by atoms with E-state index in [2.05, 4.69) is 16.6 Å². The third-order valence-electron chi connectivity index (χ3n) is 4.05. The highest BCUT2D eigenvalue weighted by Crippen LogP contribution is 2.25. The SMILES string of the molecule is N#CCC[C@H]1CCCC/C1=N/NC(=O)CSCc1ccc(Cl)cc1. The lowest BCUT2D eigenvalue weighted by Crippen LogP contribution is -2.26. The van der Waals surface area contributed by atoms with Gasteiger partial charge in [0.25, 0.3) is 0 Å². The number of hydrogen-bond acceptors (Lipinski definition) is 4. The molecule has 1 amide bonds. The minimum absolute atomic E-state index is 0.0777. The largest absolute Gasteiger partial charge is 0.272 e. The lowest BCUT2D eigenvalue weighted by molar-refractivity contribution is -0.118. The van der Waals surface area contributed by atoms with Gasteiger partial charge in [0.15, 0.2) is 0 Å². The molecule has 2 rings (SSSR count). The summed E-state index contributed by atoms with van der Waals surface area (Å²) in [6.45, 7) is 0. The van der Waals surface area contributed by atoms with Gasteiger partial charge in [-0.05, 0) is 43.4 Å². The van der Waals surface area contributed by atoms with E-state index < -0.39 is 0 Å². The smallest absolute Gasteiger partial charge is 0.250 e. The van der Waals surface area contributed by atoms with Gasteiger partial charge < -0.3 is 0 Å². The number of nitrogens with one attached hydrogen (secondary N) is 1. The van der Waals surface area contributed by atoms with Gasteiger partial charge in [-0.3, -0.25) is 4.79 Å². The van der Waals surface area contributed by atoms with E-state index in [9.17, 15) is 4.79 Å². The zero-order valence-corrected chi connectivity index (χ0v) is 15.2. The van der Waals surface area contributed by atoms with Crippen molar-refractivity contribution in [2.75, 3.05) is 5.75 Å². The number of hydrazone groups is 1. The van der Waals surface area contributed by atoms with Gasteiger partial charge in [0.2, 0.25) is 5.91 Å². The molecular formula is C18H22ClN3OS. The summed E-state index contributed by atoms with van der Waals surface area (Å²) in [7, 11) is 0. The second-order valence-electron chi connectivity index (χ2n) is 5.90. The van der Waals surface area contributed by atoms with Crippen molar-refractivity contribution >= 4 is 35.0 Å². The van der Waals surface area contributed by atoms with Gasteiger partial charge in [0.1, 0.15) is 0 Å². The van der Waals surface area contributed by atoms with Crippen LogP contribution in [0.4, 0.5) is 0 Å². The highest BCUT2D eigenvalue weighted by Gasteiger charge is 2.20. The Bertz CT molecular complexity index is 610. The van der Waals surface area contributed by atoms with Crippen molar-refractivity contribution in [3.63, 3.8) is 0 Å². The fraction of sp³-hybridized carbons (Fsp3) is 0.500. The molecule has 4 nitrogen and oxygen atoms in total. The first-order valence-corrected chi connectivity index (χ1v) is 9.76. The van der Waals surface area contributed by atoms with Crippen LogP contribution in [-0.2, 0) is 10.5 Å². The van der Waals surface area contributed by atoms with Gasteiger partial charge in [0, 0.05) is 28.8 Å². The molecule has 0 radical (unpaired) electrons. The van der Waals surface area contributed by atoms with Crippen LogP contribution in [0.1, 0.15) is 44.1 Å². The molecule has 1 aromatic carbocycles. The lowest BCUT2D eigenvalue weighted by Gasteiger charge is -2.23.